The molecule has 0 unspecified atom stereocenters. The Morgan fingerprint density at radius 3 is 2.66 bits per heavy atom. The van der Waals surface area contributed by atoms with Gasteiger partial charge in [0.05, 0.1) is 6.42 Å². The molecule has 0 aromatic carbocycles. The number of aromatic amines is 1. The van der Waals surface area contributed by atoms with Gasteiger partial charge in [-0.25, -0.2) is 9.78 Å². The molecule has 3 aliphatic heterocycles. The maximum atomic E-state index is 12.8. The number of piperidine rings is 1. The highest BCUT2D eigenvalue weighted by Gasteiger charge is 2.43. The fourth-order valence-corrected chi connectivity index (χ4v) is 4.95. The van der Waals surface area contributed by atoms with Crippen molar-refractivity contribution in [2.24, 2.45) is 11.8 Å². The number of nitrogens with one attached hydrogen (secondary N) is 3. The number of aromatic nitrogens is 2. The van der Waals surface area contributed by atoms with Gasteiger partial charge in [-0.3, -0.25) is 9.59 Å². The quantitative estimate of drug-likeness (QED) is 0.683. The number of likely N-dealkylation sites (tertiary alicyclic amines) is 1. The lowest BCUT2D eigenvalue weighted by atomic mass is 9.77. The van der Waals surface area contributed by atoms with E-state index in [1.807, 2.05) is 4.90 Å². The van der Waals surface area contributed by atoms with E-state index in [1.54, 1.807) is 13.8 Å². The molecule has 0 spiro atoms. The largest absolute Gasteiger partial charge is 0.358 e. The topological polar surface area (TPSA) is 116 Å². The third kappa shape index (κ3) is 4.14. The minimum Gasteiger partial charge on any atom is -0.358 e. The third-order valence-corrected chi connectivity index (χ3v) is 6.47. The number of urea groups is 1. The van der Waals surface area contributed by atoms with Crippen molar-refractivity contribution in [2.75, 3.05) is 19.7 Å². The first-order valence-corrected chi connectivity index (χ1v) is 10.4. The molecule has 3 aliphatic rings. The molecular weight excluding hydrogens is 374 g/mol. The fourth-order valence-electron chi connectivity index (χ4n) is 4.95. The summed E-state index contributed by atoms with van der Waals surface area (Å²) in [5.74, 6) is 1.11. The van der Waals surface area contributed by atoms with Crippen LogP contribution < -0.4 is 16.2 Å². The Hall–Kier alpha value is -2.42. The second-order valence-corrected chi connectivity index (χ2v) is 8.35. The normalized spacial score (nSPS) is 27.7. The van der Waals surface area contributed by atoms with Gasteiger partial charge in [0.25, 0.3) is 5.56 Å². The summed E-state index contributed by atoms with van der Waals surface area (Å²) < 4.78 is 5.75. The van der Waals surface area contributed by atoms with Crippen molar-refractivity contribution in [3.05, 3.63) is 27.4 Å². The van der Waals surface area contributed by atoms with Crippen LogP contribution in [-0.2, 0) is 16.0 Å². The number of ether oxygens (including phenoxy) is 1. The van der Waals surface area contributed by atoms with Gasteiger partial charge in [-0.1, -0.05) is 0 Å². The van der Waals surface area contributed by atoms with Gasteiger partial charge in [0.1, 0.15) is 12.1 Å². The van der Waals surface area contributed by atoms with Crippen LogP contribution in [0.4, 0.5) is 4.79 Å². The molecule has 3 saturated heterocycles. The second-order valence-electron chi connectivity index (χ2n) is 8.35. The maximum Gasteiger partial charge on any atom is 0.317 e. The summed E-state index contributed by atoms with van der Waals surface area (Å²) in [5, 5.41) is 5.98. The first kappa shape index (κ1) is 19.9. The molecule has 4 heterocycles. The highest BCUT2D eigenvalue weighted by atomic mass is 16.5. The molecular formula is C20H29N5O4. The average molecular weight is 403 g/mol. The van der Waals surface area contributed by atoms with Crippen LogP contribution in [0.15, 0.2) is 4.79 Å². The van der Waals surface area contributed by atoms with Gasteiger partial charge >= 0.3 is 6.03 Å². The standard InChI is InChI=1S/C20H29N5O4/c1-11-15(18(27)22-12(2)21-11)10-16(26)25-7-5-13(6-8-25)17-14-4-3-9-29-19(14)24-20(28)23-17/h13-14,17,19H,3-10H2,1-2H3,(H,21,22,27)(H2,23,24,28)/t14-,17-,19-/m0/s1. The van der Waals surface area contributed by atoms with Crippen LogP contribution in [-0.4, -0.2) is 58.8 Å². The minimum absolute atomic E-state index is 0.0454. The molecule has 3 N–H and O–H groups in total. The van der Waals surface area contributed by atoms with E-state index in [4.69, 9.17) is 4.74 Å². The highest BCUT2D eigenvalue weighted by molar-refractivity contribution is 5.79. The Morgan fingerprint density at radius 2 is 1.93 bits per heavy atom. The number of hydrogen-bond donors (Lipinski definition) is 3. The summed E-state index contributed by atoms with van der Waals surface area (Å²) in [7, 11) is 0. The number of hydrogen-bond acceptors (Lipinski definition) is 5. The van der Waals surface area contributed by atoms with Gasteiger partial charge < -0.3 is 25.3 Å². The summed E-state index contributed by atoms with van der Waals surface area (Å²) in [5.41, 5.74) is 0.810. The first-order valence-electron chi connectivity index (χ1n) is 10.4. The summed E-state index contributed by atoms with van der Waals surface area (Å²) >= 11 is 0. The van der Waals surface area contributed by atoms with Crippen molar-refractivity contribution in [1.82, 2.24) is 25.5 Å². The SMILES string of the molecule is Cc1nc(C)c(CC(=O)N2CCC([C@@H]3NC(=O)N[C@H]4OCCC[C@H]43)CC2)c(=O)[nH]1. The van der Waals surface area contributed by atoms with Crippen molar-refractivity contribution in [3.8, 4) is 0 Å². The van der Waals surface area contributed by atoms with Gasteiger partial charge in [-0.2, -0.15) is 0 Å². The predicted molar refractivity (Wildman–Crippen MR) is 105 cm³/mol. The van der Waals surface area contributed by atoms with Gasteiger partial charge in [0.15, 0.2) is 0 Å². The highest BCUT2D eigenvalue weighted by Crippen LogP contribution is 2.33. The van der Waals surface area contributed by atoms with E-state index in [0.717, 1.165) is 25.7 Å². The zero-order chi connectivity index (χ0) is 20.5. The predicted octanol–water partition coefficient (Wildman–Crippen LogP) is 0.602. The monoisotopic (exact) mass is 403 g/mol. The van der Waals surface area contributed by atoms with Crippen molar-refractivity contribution in [1.29, 1.82) is 0 Å². The molecule has 0 radical (unpaired) electrons. The molecule has 0 aliphatic carbocycles. The van der Waals surface area contributed by atoms with Gasteiger partial charge in [-0.15, -0.1) is 0 Å². The molecule has 1 aromatic heterocycles. The molecule has 3 amide bonds. The van der Waals surface area contributed by atoms with Crippen LogP contribution in [0.25, 0.3) is 0 Å². The summed E-state index contributed by atoms with van der Waals surface area (Å²) in [6.07, 6.45) is 3.57. The average Bonchev–Trinajstić information content (AvgIpc) is 2.70. The van der Waals surface area contributed by atoms with Crippen LogP contribution in [0.1, 0.15) is 42.8 Å². The third-order valence-electron chi connectivity index (χ3n) is 6.47. The molecule has 3 atom stereocenters. The number of carbonyl (C=O) groups is 2. The molecule has 4 rings (SSSR count). The van der Waals surface area contributed by atoms with E-state index in [9.17, 15) is 14.4 Å². The van der Waals surface area contributed by atoms with E-state index in [-0.39, 0.29) is 42.1 Å². The maximum absolute atomic E-state index is 12.8. The van der Waals surface area contributed by atoms with Crippen molar-refractivity contribution < 1.29 is 14.3 Å². The van der Waals surface area contributed by atoms with Crippen molar-refractivity contribution >= 4 is 11.9 Å². The van der Waals surface area contributed by atoms with E-state index in [1.165, 1.54) is 0 Å². The van der Waals surface area contributed by atoms with Crippen LogP contribution in [0.2, 0.25) is 0 Å². The molecule has 9 heteroatoms. The summed E-state index contributed by atoms with van der Waals surface area (Å²) in [6.45, 7) is 5.45. The Balaban J connectivity index is 1.37. The van der Waals surface area contributed by atoms with E-state index in [0.29, 0.717) is 42.7 Å². The number of amides is 3. The fraction of sp³-hybridized carbons (Fsp3) is 0.700. The van der Waals surface area contributed by atoms with Crippen molar-refractivity contribution in [3.63, 3.8) is 0 Å². The number of nitrogens with zero attached hydrogens (tertiary/aromatic N) is 2. The Kier molecular flexibility index (Phi) is 5.58. The molecule has 158 valence electrons. The van der Waals surface area contributed by atoms with Crippen molar-refractivity contribution in [2.45, 2.75) is 58.2 Å². The molecule has 3 fully saturated rings. The first-order chi connectivity index (χ1) is 13.9. The lowest BCUT2D eigenvalue weighted by molar-refractivity contribution is -0.132. The molecule has 0 bridgehead atoms. The zero-order valence-corrected chi connectivity index (χ0v) is 17.0. The lowest BCUT2D eigenvalue weighted by Gasteiger charge is -2.46. The molecule has 9 nitrogen and oxygen atoms in total. The van der Waals surface area contributed by atoms with E-state index in [2.05, 4.69) is 20.6 Å². The summed E-state index contributed by atoms with van der Waals surface area (Å²) in [6, 6.07) is -0.0871. The lowest BCUT2D eigenvalue weighted by Crippen LogP contribution is -2.65. The molecule has 29 heavy (non-hydrogen) atoms. The zero-order valence-electron chi connectivity index (χ0n) is 17.0. The van der Waals surface area contributed by atoms with E-state index < -0.39 is 0 Å². The van der Waals surface area contributed by atoms with Gasteiger partial charge in [0.2, 0.25) is 5.91 Å². The Morgan fingerprint density at radius 1 is 1.17 bits per heavy atom. The molecule has 0 saturated carbocycles. The number of H-pyrrole nitrogens is 1. The van der Waals surface area contributed by atoms with Crippen LogP contribution in [0.5, 0.6) is 0 Å². The minimum atomic E-state index is -0.237. The Labute approximate surface area is 169 Å². The Bertz CT molecular complexity index is 846. The molecule has 1 aromatic rings. The van der Waals surface area contributed by atoms with Gasteiger partial charge in [-0.05, 0) is 45.4 Å². The number of rotatable bonds is 3. The number of fused-ring (bicyclic) bond motifs is 1. The van der Waals surface area contributed by atoms with E-state index >= 15 is 0 Å². The number of aryl methyl sites for hydroxylation is 2. The van der Waals surface area contributed by atoms with Crippen LogP contribution in [0, 0.1) is 25.7 Å². The van der Waals surface area contributed by atoms with Crippen LogP contribution >= 0.6 is 0 Å². The van der Waals surface area contributed by atoms with Gasteiger partial charge in [0, 0.05) is 42.9 Å². The second kappa shape index (κ2) is 8.14. The number of carbonyl (C=O) groups excluding carboxylic acids is 2. The van der Waals surface area contributed by atoms with Crippen LogP contribution in [0.3, 0.4) is 0 Å². The summed E-state index contributed by atoms with van der Waals surface area (Å²) in [4.78, 5) is 45.7. The smallest absolute Gasteiger partial charge is 0.317 e.